The van der Waals surface area contributed by atoms with Crippen molar-refractivity contribution in [3.8, 4) is 0 Å². The SMILES string of the molecule is Cc1ccc(CC2CC3C4CC(COC(=O)C(F)(F)SOO)C(C4)C3C2)cc1. The third kappa shape index (κ3) is 3.94. The van der Waals surface area contributed by atoms with Crippen molar-refractivity contribution in [3.63, 3.8) is 0 Å². The highest BCUT2D eigenvalue weighted by atomic mass is 32.2. The summed E-state index contributed by atoms with van der Waals surface area (Å²) in [5.41, 5.74) is 2.66. The maximum atomic E-state index is 13.4. The van der Waals surface area contributed by atoms with Crippen LogP contribution in [0.2, 0.25) is 0 Å². The Morgan fingerprint density at radius 1 is 1.14 bits per heavy atom. The van der Waals surface area contributed by atoms with Crippen molar-refractivity contribution in [2.45, 2.75) is 44.3 Å². The largest absolute Gasteiger partial charge is 0.460 e. The molecule has 3 saturated carbocycles. The minimum absolute atomic E-state index is 0.0351. The Morgan fingerprint density at radius 3 is 2.57 bits per heavy atom. The van der Waals surface area contributed by atoms with Crippen molar-refractivity contribution in [3.05, 3.63) is 35.4 Å². The molecule has 0 saturated heterocycles. The van der Waals surface area contributed by atoms with E-state index in [1.807, 2.05) is 0 Å². The number of ether oxygens (including phenoxy) is 1. The van der Waals surface area contributed by atoms with Gasteiger partial charge in [0.05, 0.1) is 6.61 Å². The Labute approximate surface area is 168 Å². The average Bonchev–Trinajstić information content (AvgIpc) is 3.33. The molecule has 0 amide bonds. The fourth-order valence-electron chi connectivity index (χ4n) is 6.09. The predicted octanol–water partition coefficient (Wildman–Crippen LogP) is 5.11. The second kappa shape index (κ2) is 7.92. The van der Waals surface area contributed by atoms with E-state index in [1.165, 1.54) is 24.0 Å². The molecule has 3 aliphatic rings. The van der Waals surface area contributed by atoms with Crippen LogP contribution >= 0.6 is 12.0 Å². The van der Waals surface area contributed by atoms with Crippen molar-refractivity contribution in [2.75, 3.05) is 6.61 Å². The molecule has 154 valence electrons. The number of alkyl halides is 2. The summed E-state index contributed by atoms with van der Waals surface area (Å²) in [7, 11) is 0. The molecule has 6 unspecified atom stereocenters. The topological polar surface area (TPSA) is 55.8 Å². The van der Waals surface area contributed by atoms with Gasteiger partial charge in [0.2, 0.25) is 0 Å². The van der Waals surface area contributed by atoms with Crippen LogP contribution < -0.4 is 0 Å². The van der Waals surface area contributed by atoms with Crippen LogP contribution in [-0.4, -0.2) is 23.1 Å². The van der Waals surface area contributed by atoms with Crippen LogP contribution in [-0.2, 0) is 20.3 Å². The molecule has 1 aromatic rings. The van der Waals surface area contributed by atoms with Gasteiger partial charge in [0.1, 0.15) is 12.0 Å². The van der Waals surface area contributed by atoms with Crippen LogP contribution in [0.15, 0.2) is 24.3 Å². The van der Waals surface area contributed by atoms with Gasteiger partial charge in [0.15, 0.2) is 0 Å². The fourth-order valence-corrected chi connectivity index (χ4v) is 6.31. The highest BCUT2D eigenvalue weighted by Crippen LogP contribution is 2.62. The molecule has 28 heavy (non-hydrogen) atoms. The second-order valence-electron chi connectivity index (χ2n) is 8.78. The number of rotatable bonds is 7. The van der Waals surface area contributed by atoms with Crippen molar-refractivity contribution in [1.29, 1.82) is 0 Å². The zero-order chi connectivity index (χ0) is 19.9. The van der Waals surface area contributed by atoms with Gasteiger partial charge in [-0.1, -0.05) is 29.8 Å². The number of carbonyl (C=O) groups is 1. The lowest BCUT2D eigenvalue weighted by Gasteiger charge is -2.31. The number of esters is 1. The number of carbonyl (C=O) groups excluding carboxylic acids is 1. The van der Waals surface area contributed by atoms with Gasteiger partial charge in [-0.3, -0.25) is 0 Å². The van der Waals surface area contributed by atoms with E-state index in [0.29, 0.717) is 23.7 Å². The lowest BCUT2D eigenvalue weighted by atomic mass is 9.76. The fraction of sp³-hybridized carbons (Fsp3) is 0.667. The van der Waals surface area contributed by atoms with Gasteiger partial charge in [-0.15, -0.1) is 0 Å². The summed E-state index contributed by atoms with van der Waals surface area (Å²) in [5, 5.41) is 4.25. The molecule has 7 heteroatoms. The quantitative estimate of drug-likeness (QED) is 0.292. The molecular weight excluding hydrogens is 386 g/mol. The Balaban J connectivity index is 1.31. The van der Waals surface area contributed by atoms with Gasteiger partial charge < -0.3 is 4.74 Å². The monoisotopic (exact) mass is 412 g/mol. The number of benzene rings is 1. The Hall–Kier alpha value is -1.18. The first-order valence-corrected chi connectivity index (χ1v) is 10.7. The maximum absolute atomic E-state index is 13.4. The van der Waals surface area contributed by atoms with E-state index in [9.17, 15) is 13.6 Å². The molecule has 1 aromatic carbocycles. The zero-order valence-electron chi connectivity index (χ0n) is 15.9. The lowest BCUT2D eigenvalue weighted by Crippen LogP contribution is -2.32. The number of aryl methyl sites for hydroxylation is 1. The minimum atomic E-state index is -3.89. The molecule has 0 radical (unpaired) electrons. The smallest absolute Gasteiger partial charge is 0.415 e. The number of fused-ring (bicyclic) bond motifs is 5. The molecule has 3 aliphatic carbocycles. The molecule has 1 N–H and O–H groups in total. The van der Waals surface area contributed by atoms with E-state index in [-0.39, 0.29) is 12.5 Å². The molecule has 6 atom stereocenters. The zero-order valence-corrected chi connectivity index (χ0v) is 16.7. The molecular formula is C21H26F2O4S. The number of hydrogen-bond acceptors (Lipinski definition) is 5. The predicted molar refractivity (Wildman–Crippen MR) is 102 cm³/mol. The summed E-state index contributed by atoms with van der Waals surface area (Å²) in [4.78, 5) is 11.5. The highest BCUT2D eigenvalue weighted by Gasteiger charge is 2.56. The van der Waals surface area contributed by atoms with Gasteiger partial charge >= 0.3 is 11.2 Å². The van der Waals surface area contributed by atoms with Crippen LogP contribution in [0.3, 0.4) is 0 Å². The van der Waals surface area contributed by atoms with Gasteiger partial charge in [0, 0.05) is 0 Å². The van der Waals surface area contributed by atoms with Crippen molar-refractivity contribution >= 4 is 18.0 Å². The van der Waals surface area contributed by atoms with Gasteiger partial charge in [-0.2, -0.15) is 13.1 Å². The average molecular weight is 412 g/mol. The van der Waals surface area contributed by atoms with E-state index in [4.69, 9.17) is 9.99 Å². The maximum Gasteiger partial charge on any atom is 0.415 e. The Bertz CT molecular complexity index is 711. The molecule has 2 bridgehead atoms. The van der Waals surface area contributed by atoms with Gasteiger partial charge in [-0.25, -0.2) is 10.1 Å². The highest BCUT2D eigenvalue weighted by molar-refractivity contribution is 7.96. The van der Waals surface area contributed by atoms with Crippen LogP contribution in [0.25, 0.3) is 0 Å². The molecule has 3 fully saturated rings. The van der Waals surface area contributed by atoms with Crippen LogP contribution in [0.4, 0.5) is 8.78 Å². The molecule has 4 nitrogen and oxygen atoms in total. The van der Waals surface area contributed by atoms with Crippen LogP contribution in [0, 0.1) is 42.4 Å². The normalized spacial score (nSPS) is 33.9. The summed E-state index contributed by atoms with van der Waals surface area (Å²) in [6.07, 6.45) is 5.66. The van der Waals surface area contributed by atoms with Crippen LogP contribution in [0.1, 0.15) is 36.8 Å². The third-order valence-corrected chi connectivity index (χ3v) is 7.61. The molecule has 0 spiro atoms. The summed E-state index contributed by atoms with van der Waals surface area (Å²) >= 11 is -0.595. The first-order valence-electron chi connectivity index (χ1n) is 9.97. The van der Waals surface area contributed by atoms with Crippen LogP contribution in [0.5, 0.6) is 0 Å². The first kappa shape index (κ1) is 20.1. The number of halogens is 2. The van der Waals surface area contributed by atoms with Crippen molar-refractivity contribution < 1.29 is 27.9 Å². The van der Waals surface area contributed by atoms with E-state index in [1.54, 1.807) is 0 Å². The summed E-state index contributed by atoms with van der Waals surface area (Å²) in [6.45, 7) is 2.13. The van der Waals surface area contributed by atoms with Gasteiger partial charge in [0.25, 0.3) is 0 Å². The summed E-state index contributed by atoms with van der Waals surface area (Å²) in [5.74, 6) is 1.70. The lowest BCUT2D eigenvalue weighted by molar-refractivity contribution is -0.167. The first-order chi connectivity index (χ1) is 13.4. The van der Waals surface area contributed by atoms with E-state index in [2.05, 4.69) is 35.5 Å². The van der Waals surface area contributed by atoms with E-state index < -0.39 is 23.3 Å². The Kier molecular flexibility index (Phi) is 5.69. The molecule has 0 heterocycles. The minimum Gasteiger partial charge on any atom is -0.460 e. The van der Waals surface area contributed by atoms with E-state index >= 15 is 0 Å². The van der Waals surface area contributed by atoms with Crippen molar-refractivity contribution in [1.82, 2.24) is 0 Å². The summed E-state index contributed by atoms with van der Waals surface area (Å²) in [6, 6.07) is 8.76. The third-order valence-electron chi connectivity index (χ3n) is 7.16. The standard InChI is InChI=1S/C21H26F2O4S/c1-12-2-4-13(5-3-12)6-14-7-17-15-9-16(18(10-15)19(17)8-14)11-26-20(24)21(22,23)28-27-25/h2-5,14-19,25H,6-11H2,1H3. The molecule has 0 aromatic heterocycles. The van der Waals surface area contributed by atoms with Crippen molar-refractivity contribution in [2.24, 2.45) is 35.5 Å². The Morgan fingerprint density at radius 2 is 1.86 bits per heavy atom. The summed E-state index contributed by atoms with van der Waals surface area (Å²) < 4.78 is 35.0. The van der Waals surface area contributed by atoms with E-state index in [0.717, 1.165) is 25.2 Å². The molecule has 0 aliphatic heterocycles. The second-order valence-corrected chi connectivity index (χ2v) is 9.61. The van der Waals surface area contributed by atoms with Gasteiger partial charge in [-0.05, 0) is 80.1 Å². The molecule has 4 rings (SSSR count). The number of hydrogen-bond donors (Lipinski definition) is 1.